The number of hydrogen-bond donors (Lipinski definition) is 2. The second kappa shape index (κ2) is 6.91. The van der Waals surface area contributed by atoms with Crippen LogP contribution in [0.25, 0.3) is 33.2 Å². The van der Waals surface area contributed by atoms with Crippen LogP contribution in [0.3, 0.4) is 0 Å². The van der Waals surface area contributed by atoms with Gasteiger partial charge in [-0.25, -0.2) is 4.98 Å². The lowest BCUT2D eigenvalue weighted by molar-refractivity contribution is 0.768. The van der Waals surface area contributed by atoms with Gasteiger partial charge in [-0.2, -0.15) is 10.2 Å². The molecule has 0 aliphatic rings. The third-order valence-electron chi connectivity index (χ3n) is 5.12. The molecule has 0 saturated carbocycles. The van der Waals surface area contributed by atoms with Gasteiger partial charge in [0.1, 0.15) is 5.82 Å². The topological polar surface area (TPSA) is 85.4 Å². The van der Waals surface area contributed by atoms with Gasteiger partial charge >= 0.3 is 0 Å². The maximum atomic E-state index is 5.84. The molecular formula is C23H20N6. The minimum atomic E-state index is 0.517. The lowest BCUT2D eigenvalue weighted by Gasteiger charge is -2.05. The number of pyridine rings is 1. The van der Waals surface area contributed by atoms with E-state index in [0.29, 0.717) is 5.82 Å². The third kappa shape index (κ3) is 3.36. The molecule has 142 valence electrons. The zero-order chi connectivity index (χ0) is 19.8. The molecule has 5 aromatic rings. The Morgan fingerprint density at radius 3 is 2.48 bits per heavy atom. The Hall–Kier alpha value is -3.93. The number of aryl methyl sites for hydroxylation is 1. The minimum Gasteiger partial charge on any atom is -0.384 e. The number of benzene rings is 2. The Labute approximate surface area is 168 Å². The first-order valence-electron chi connectivity index (χ1n) is 9.42. The van der Waals surface area contributed by atoms with Gasteiger partial charge in [0.25, 0.3) is 0 Å². The summed E-state index contributed by atoms with van der Waals surface area (Å²) in [6.45, 7) is 0. The van der Waals surface area contributed by atoms with Gasteiger partial charge in [-0.3, -0.25) is 9.78 Å². The van der Waals surface area contributed by atoms with Crippen LogP contribution in [0.5, 0.6) is 0 Å². The van der Waals surface area contributed by atoms with Crippen LogP contribution in [0.15, 0.2) is 73.2 Å². The zero-order valence-corrected chi connectivity index (χ0v) is 16.0. The van der Waals surface area contributed by atoms with Gasteiger partial charge in [-0.05, 0) is 46.5 Å². The second-order valence-electron chi connectivity index (χ2n) is 7.18. The van der Waals surface area contributed by atoms with Gasteiger partial charge in [0, 0.05) is 42.5 Å². The van der Waals surface area contributed by atoms with Crippen molar-refractivity contribution in [1.29, 1.82) is 0 Å². The molecule has 0 aliphatic heterocycles. The molecule has 6 heteroatoms. The number of aromatic amines is 1. The van der Waals surface area contributed by atoms with E-state index in [-0.39, 0.29) is 0 Å². The average Bonchev–Trinajstić information content (AvgIpc) is 3.35. The van der Waals surface area contributed by atoms with Crippen molar-refractivity contribution in [2.45, 2.75) is 6.42 Å². The van der Waals surface area contributed by atoms with E-state index in [1.54, 1.807) is 6.20 Å². The Bertz CT molecular complexity index is 1300. The van der Waals surface area contributed by atoms with Gasteiger partial charge in [0.05, 0.1) is 11.7 Å². The number of fused-ring (bicyclic) bond motifs is 1. The van der Waals surface area contributed by atoms with Crippen LogP contribution in [0.4, 0.5) is 5.82 Å². The number of nitrogens with two attached hydrogens (primary N) is 1. The zero-order valence-electron chi connectivity index (χ0n) is 16.0. The summed E-state index contributed by atoms with van der Waals surface area (Å²) in [6.07, 6.45) is 6.41. The highest BCUT2D eigenvalue weighted by Crippen LogP contribution is 2.27. The molecule has 3 N–H and O–H groups in total. The van der Waals surface area contributed by atoms with Crippen molar-refractivity contribution in [3.05, 3.63) is 84.4 Å². The van der Waals surface area contributed by atoms with Gasteiger partial charge in [-0.1, -0.05) is 30.3 Å². The molecule has 0 amide bonds. The number of nitrogen functional groups attached to an aromatic ring is 1. The number of nitrogens with one attached hydrogen (secondary N) is 1. The number of aromatic nitrogens is 5. The highest BCUT2D eigenvalue weighted by molar-refractivity contribution is 5.87. The summed E-state index contributed by atoms with van der Waals surface area (Å²) in [6, 6.07) is 18.7. The second-order valence-corrected chi connectivity index (χ2v) is 7.18. The molecule has 0 saturated heterocycles. The first kappa shape index (κ1) is 17.2. The van der Waals surface area contributed by atoms with E-state index in [0.717, 1.165) is 45.3 Å². The number of hydrogen-bond acceptors (Lipinski definition) is 4. The molecule has 0 radical (unpaired) electrons. The third-order valence-corrected chi connectivity index (χ3v) is 5.12. The fourth-order valence-electron chi connectivity index (χ4n) is 3.59. The lowest BCUT2D eigenvalue weighted by atomic mass is 10.0. The normalized spacial score (nSPS) is 11.2. The van der Waals surface area contributed by atoms with Crippen LogP contribution in [0.1, 0.15) is 11.3 Å². The fraction of sp³-hybridized carbons (Fsp3) is 0.0870. The molecule has 5 rings (SSSR count). The van der Waals surface area contributed by atoms with E-state index in [2.05, 4.69) is 56.7 Å². The van der Waals surface area contributed by atoms with Gasteiger partial charge in [-0.15, -0.1) is 0 Å². The van der Waals surface area contributed by atoms with Crippen molar-refractivity contribution in [3.63, 3.8) is 0 Å². The molecule has 3 aromatic heterocycles. The highest BCUT2D eigenvalue weighted by atomic mass is 15.2. The van der Waals surface area contributed by atoms with E-state index in [1.807, 2.05) is 42.3 Å². The van der Waals surface area contributed by atoms with Crippen molar-refractivity contribution in [3.8, 4) is 22.3 Å². The average molecular weight is 380 g/mol. The molecule has 3 heterocycles. The molecule has 0 atom stereocenters. The first-order valence-corrected chi connectivity index (χ1v) is 9.42. The van der Waals surface area contributed by atoms with Crippen LogP contribution in [-0.4, -0.2) is 25.0 Å². The molecule has 0 unspecified atom stereocenters. The van der Waals surface area contributed by atoms with Gasteiger partial charge < -0.3 is 5.73 Å². The standard InChI is InChI=1S/C23H20N6/c1-29-14-19(13-26-29)16-4-2-15(3-5-16)10-22-20-11-17(6-7-21(20)27-28-22)18-8-9-25-23(24)12-18/h2-9,11-14H,10H2,1H3,(H2,24,25)(H,27,28). The number of H-pyrrole nitrogens is 1. The van der Waals surface area contributed by atoms with Crippen molar-refractivity contribution in [2.75, 3.05) is 5.73 Å². The van der Waals surface area contributed by atoms with E-state index < -0.39 is 0 Å². The highest BCUT2D eigenvalue weighted by Gasteiger charge is 2.09. The SMILES string of the molecule is Cn1cc(-c2ccc(Cc3[nH]nc4ccc(-c5ccnc(N)c5)cc34)cc2)cn1. The maximum absolute atomic E-state index is 5.84. The summed E-state index contributed by atoms with van der Waals surface area (Å²) in [4.78, 5) is 4.08. The summed E-state index contributed by atoms with van der Waals surface area (Å²) >= 11 is 0. The van der Waals surface area contributed by atoms with E-state index in [4.69, 9.17) is 5.73 Å². The molecular weight excluding hydrogens is 360 g/mol. The molecule has 0 aliphatic carbocycles. The van der Waals surface area contributed by atoms with E-state index in [1.165, 1.54) is 5.56 Å². The molecule has 0 fully saturated rings. The molecule has 0 spiro atoms. The quantitative estimate of drug-likeness (QED) is 0.489. The Kier molecular flexibility index (Phi) is 4.09. The summed E-state index contributed by atoms with van der Waals surface area (Å²) < 4.78 is 1.81. The van der Waals surface area contributed by atoms with Crippen LogP contribution in [-0.2, 0) is 13.5 Å². The minimum absolute atomic E-state index is 0.517. The largest absolute Gasteiger partial charge is 0.384 e. The van der Waals surface area contributed by atoms with Gasteiger partial charge in [0.15, 0.2) is 0 Å². The molecule has 29 heavy (non-hydrogen) atoms. The molecule has 2 aromatic carbocycles. The van der Waals surface area contributed by atoms with E-state index in [9.17, 15) is 0 Å². The summed E-state index contributed by atoms with van der Waals surface area (Å²) in [5, 5.41) is 13.0. The molecule has 0 bridgehead atoms. The first-order chi connectivity index (χ1) is 14.2. The van der Waals surface area contributed by atoms with Crippen LogP contribution >= 0.6 is 0 Å². The predicted molar refractivity (Wildman–Crippen MR) is 115 cm³/mol. The van der Waals surface area contributed by atoms with Gasteiger partial charge in [0.2, 0.25) is 0 Å². The van der Waals surface area contributed by atoms with Crippen molar-refractivity contribution in [1.82, 2.24) is 25.0 Å². The predicted octanol–water partition coefficient (Wildman–Crippen LogP) is 4.20. The Morgan fingerprint density at radius 2 is 1.72 bits per heavy atom. The Balaban J connectivity index is 1.45. The van der Waals surface area contributed by atoms with Crippen LogP contribution in [0.2, 0.25) is 0 Å². The van der Waals surface area contributed by atoms with E-state index >= 15 is 0 Å². The van der Waals surface area contributed by atoms with Crippen molar-refractivity contribution < 1.29 is 0 Å². The molecule has 6 nitrogen and oxygen atoms in total. The smallest absolute Gasteiger partial charge is 0.123 e. The fourth-order valence-corrected chi connectivity index (χ4v) is 3.59. The van der Waals surface area contributed by atoms with Crippen molar-refractivity contribution in [2.24, 2.45) is 7.05 Å². The lowest BCUT2D eigenvalue weighted by Crippen LogP contribution is -1.91. The summed E-state index contributed by atoms with van der Waals surface area (Å²) in [7, 11) is 1.93. The number of anilines is 1. The van der Waals surface area contributed by atoms with Crippen LogP contribution < -0.4 is 5.73 Å². The monoisotopic (exact) mass is 380 g/mol. The maximum Gasteiger partial charge on any atom is 0.123 e. The van der Waals surface area contributed by atoms with Crippen molar-refractivity contribution >= 4 is 16.7 Å². The number of rotatable bonds is 4. The number of nitrogens with zero attached hydrogens (tertiary/aromatic N) is 4. The summed E-state index contributed by atoms with van der Waals surface area (Å²) in [5.74, 6) is 0.517. The summed E-state index contributed by atoms with van der Waals surface area (Å²) in [5.41, 5.74) is 13.5. The Morgan fingerprint density at radius 1 is 0.931 bits per heavy atom. The van der Waals surface area contributed by atoms with Crippen LogP contribution in [0, 0.1) is 0 Å².